The zero-order valence-corrected chi connectivity index (χ0v) is 7.41. The van der Waals surface area contributed by atoms with Gasteiger partial charge in [-0.3, -0.25) is 0 Å². The first kappa shape index (κ1) is 7.16. The third-order valence-electron chi connectivity index (χ3n) is 1.77. The van der Waals surface area contributed by atoms with Gasteiger partial charge >= 0.3 is 0 Å². The molecular weight excluding hydrogens is 144 g/mol. The summed E-state index contributed by atoms with van der Waals surface area (Å²) in [4.78, 5) is 0. The topological polar surface area (TPSA) is 0 Å². The Hall–Kier alpha value is 0.0469. The Morgan fingerprint density at radius 3 is 2.22 bits per heavy atom. The molecule has 0 atom stereocenters. The van der Waals surface area contributed by atoms with Crippen molar-refractivity contribution in [2.45, 2.75) is 12.5 Å². The standard InChI is InChI=1S/C7H12SSi/c1-3-9(4-2)7-5-6-8-9/h3-4H,1-2,5-7H2. The van der Waals surface area contributed by atoms with E-state index in [-0.39, 0.29) is 0 Å². The first-order valence-corrected chi connectivity index (χ1v) is 7.31. The van der Waals surface area contributed by atoms with Crippen LogP contribution in [0.1, 0.15) is 6.42 Å². The largest absolute Gasteiger partial charge is 0.175 e. The van der Waals surface area contributed by atoms with Crippen molar-refractivity contribution in [1.82, 2.24) is 0 Å². The Bertz CT molecular complexity index is 115. The van der Waals surface area contributed by atoms with Crippen molar-refractivity contribution in [3.05, 3.63) is 24.6 Å². The van der Waals surface area contributed by atoms with E-state index in [0.717, 1.165) is 0 Å². The van der Waals surface area contributed by atoms with Crippen molar-refractivity contribution in [3.63, 3.8) is 0 Å². The van der Waals surface area contributed by atoms with Gasteiger partial charge in [-0.25, -0.2) is 0 Å². The fourth-order valence-corrected chi connectivity index (χ4v) is 6.84. The molecule has 0 radical (unpaired) electrons. The van der Waals surface area contributed by atoms with E-state index >= 15 is 0 Å². The van der Waals surface area contributed by atoms with E-state index in [2.05, 4.69) is 35.8 Å². The Morgan fingerprint density at radius 2 is 2.00 bits per heavy atom. The lowest BCUT2D eigenvalue weighted by atomic mass is 10.6. The molecule has 0 aliphatic carbocycles. The third-order valence-corrected chi connectivity index (χ3v) is 9.16. The van der Waals surface area contributed by atoms with Crippen LogP contribution in [0.5, 0.6) is 0 Å². The summed E-state index contributed by atoms with van der Waals surface area (Å²) in [6, 6.07) is 1.37. The molecule has 2 heteroatoms. The average Bonchev–Trinajstić information content (AvgIpc) is 2.36. The summed E-state index contributed by atoms with van der Waals surface area (Å²) in [5.74, 6) is 1.32. The van der Waals surface area contributed by atoms with Crippen LogP contribution in [-0.4, -0.2) is 13.0 Å². The molecule has 1 aliphatic rings. The van der Waals surface area contributed by atoms with Crippen molar-refractivity contribution < 1.29 is 0 Å². The molecule has 1 aliphatic heterocycles. The minimum absolute atomic E-state index is 1.14. The van der Waals surface area contributed by atoms with E-state index < -0.39 is 7.22 Å². The van der Waals surface area contributed by atoms with Gasteiger partial charge in [0.05, 0.1) is 0 Å². The van der Waals surface area contributed by atoms with Gasteiger partial charge in [0.2, 0.25) is 0 Å². The first-order valence-electron chi connectivity index (χ1n) is 3.24. The van der Waals surface area contributed by atoms with Crippen LogP contribution < -0.4 is 0 Å². The highest BCUT2D eigenvalue weighted by Crippen LogP contribution is 2.35. The van der Waals surface area contributed by atoms with Gasteiger partial charge in [-0.15, -0.1) is 13.2 Å². The summed E-state index contributed by atoms with van der Waals surface area (Å²) in [6.07, 6.45) is 1.37. The van der Waals surface area contributed by atoms with Gasteiger partial charge in [0.1, 0.15) is 0 Å². The summed E-state index contributed by atoms with van der Waals surface area (Å²) in [7, 11) is -1.14. The second-order valence-electron chi connectivity index (χ2n) is 2.32. The molecule has 0 spiro atoms. The molecular formula is C7H12SSi. The number of rotatable bonds is 2. The summed E-state index contributed by atoms with van der Waals surface area (Å²) in [5.41, 5.74) is 4.30. The molecule has 0 aromatic heterocycles. The average molecular weight is 156 g/mol. The van der Waals surface area contributed by atoms with Gasteiger partial charge < -0.3 is 0 Å². The number of hydrogen-bond donors (Lipinski definition) is 0. The lowest BCUT2D eigenvalue weighted by Gasteiger charge is -2.13. The van der Waals surface area contributed by atoms with Crippen molar-refractivity contribution in [3.8, 4) is 0 Å². The van der Waals surface area contributed by atoms with Crippen molar-refractivity contribution in [2.24, 2.45) is 0 Å². The predicted octanol–water partition coefficient (Wildman–Crippen LogP) is 2.52. The highest BCUT2D eigenvalue weighted by molar-refractivity contribution is 8.30. The Labute approximate surface area is 61.7 Å². The van der Waals surface area contributed by atoms with E-state index in [1.54, 1.807) is 0 Å². The fourth-order valence-electron chi connectivity index (χ4n) is 1.09. The zero-order valence-electron chi connectivity index (χ0n) is 5.60. The van der Waals surface area contributed by atoms with E-state index in [9.17, 15) is 0 Å². The van der Waals surface area contributed by atoms with Crippen molar-refractivity contribution in [2.75, 3.05) is 5.75 Å². The lowest BCUT2D eigenvalue weighted by Crippen LogP contribution is -2.19. The van der Waals surface area contributed by atoms with Gasteiger partial charge in [0.25, 0.3) is 0 Å². The molecule has 0 saturated carbocycles. The highest BCUT2D eigenvalue weighted by atomic mass is 32.4. The van der Waals surface area contributed by atoms with E-state index in [1.807, 2.05) is 0 Å². The van der Waals surface area contributed by atoms with Crippen molar-refractivity contribution in [1.29, 1.82) is 0 Å². The van der Waals surface area contributed by atoms with Crippen LogP contribution in [-0.2, 0) is 0 Å². The highest BCUT2D eigenvalue weighted by Gasteiger charge is 2.30. The Kier molecular flexibility index (Phi) is 2.19. The van der Waals surface area contributed by atoms with Crippen LogP contribution in [0, 0.1) is 0 Å². The summed E-state index contributed by atoms with van der Waals surface area (Å²) in [5, 5.41) is 0. The molecule has 9 heavy (non-hydrogen) atoms. The fraction of sp³-hybridized carbons (Fsp3) is 0.429. The summed E-state index contributed by atoms with van der Waals surface area (Å²) >= 11 is 2.09. The smallest absolute Gasteiger partial charge is 0.162 e. The third kappa shape index (κ3) is 1.30. The van der Waals surface area contributed by atoms with E-state index in [1.165, 1.54) is 18.2 Å². The van der Waals surface area contributed by atoms with Gasteiger partial charge in [-0.1, -0.05) is 11.4 Å². The normalized spacial score (nSPS) is 23.6. The lowest BCUT2D eigenvalue weighted by molar-refractivity contribution is 1.11. The van der Waals surface area contributed by atoms with Crippen LogP contribution in [0.2, 0.25) is 6.04 Å². The quantitative estimate of drug-likeness (QED) is 0.554. The minimum atomic E-state index is -1.14. The molecule has 1 rings (SSSR count). The van der Waals surface area contributed by atoms with Gasteiger partial charge in [0, 0.05) is 0 Å². The maximum atomic E-state index is 3.86. The predicted molar refractivity (Wildman–Crippen MR) is 48.0 cm³/mol. The molecule has 0 aromatic carbocycles. The van der Waals surface area contributed by atoms with Crippen LogP contribution in [0.15, 0.2) is 24.6 Å². The van der Waals surface area contributed by atoms with Gasteiger partial charge in [-0.05, 0) is 18.2 Å². The molecule has 1 heterocycles. The molecule has 1 fully saturated rings. The summed E-state index contributed by atoms with van der Waals surface area (Å²) in [6.45, 7) is 7.71. The summed E-state index contributed by atoms with van der Waals surface area (Å²) < 4.78 is 0. The second kappa shape index (κ2) is 2.75. The number of hydrogen-bond acceptors (Lipinski definition) is 1. The monoisotopic (exact) mass is 156 g/mol. The SMILES string of the molecule is C=C[Si]1(C=C)CCCS1. The van der Waals surface area contributed by atoms with Crippen LogP contribution in [0.4, 0.5) is 0 Å². The van der Waals surface area contributed by atoms with Crippen LogP contribution >= 0.6 is 11.2 Å². The molecule has 0 aromatic rings. The maximum Gasteiger partial charge on any atom is 0.162 e. The maximum absolute atomic E-state index is 3.86. The zero-order chi connectivity index (χ0) is 6.74. The molecule has 0 N–H and O–H groups in total. The van der Waals surface area contributed by atoms with Crippen LogP contribution in [0.3, 0.4) is 0 Å². The first-order chi connectivity index (χ1) is 4.33. The molecule has 0 amide bonds. The van der Waals surface area contributed by atoms with E-state index in [0.29, 0.717) is 0 Å². The van der Waals surface area contributed by atoms with E-state index in [4.69, 9.17) is 0 Å². The van der Waals surface area contributed by atoms with Gasteiger partial charge in [0.15, 0.2) is 7.22 Å². The molecule has 50 valence electrons. The second-order valence-corrected chi connectivity index (χ2v) is 9.38. The molecule has 0 nitrogen and oxygen atoms in total. The van der Waals surface area contributed by atoms with Crippen molar-refractivity contribution >= 4 is 18.4 Å². The molecule has 1 saturated heterocycles. The Morgan fingerprint density at radius 1 is 1.33 bits per heavy atom. The van der Waals surface area contributed by atoms with Gasteiger partial charge in [-0.2, -0.15) is 11.2 Å². The molecule has 0 bridgehead atoms. The van der Waals surface area contributed by atoms with Crippen LogP contribution in [0.25, 0.3) is 0 Å². The minimum Gasteiger partial charge on any atom is -0.175 e. The Balaban J connectivity index is 2.66. The molecule has 0 unspecified atom stereocenters.